The zero-order valence-corrected chi connectivity index (χ0v) is 16.2. The maximum absolute atomic E-state index is 12.8. The third-order valence-electron chi connectivity index (χ3n) is 4.22. The van der Waals surface area contributed by atoms with E-state index in [1.165, 1.54) is 0 Å². The van der Waals surface area contributed by atoms with Crippen molar-refractivity contribution in [3.63, 3.8) is 0 Å². The molecule has 0 aliphatic carbocycles. The molecular weight excluding hydrogens is 344 g/mol. The summed E-state index contributed by atoms with van der Waals surface area (Å²) in [6.45, 7) is 7.72. The summed E-state index contributed by atoms with van der Waals surface area (Å²) < 4.78 is 0. The number of carbonyl (C=O) groups is 2. The van der Waals surface area contributed by atoms with Crippen molar-refractivity contribution >= 4 is 35.2 Å². The number of thioether (sulfide) groups is 1. The van der Waals surface area contributed by atoms with Gasteiger partial charge in [-0.2, -0.15) is 0 Å². The van der Waals surface area contributed by atoms with Gasteiger partial charge in [0.05, 0.1) is 0 Å². The van der Waals surface area contributed by atoms with Crippen LogP contribution in [0.2, 0.25) is 5.02 Å². The highest BCUT2D eigenvalue weighted by Crippen LogP contribution is 2.44. The molecule has 1 N–H and O–H groups in total. The molecule has 0 spiro atoms. The van der Waals surface area contributed by atoms with Gasteiger partial charge in [0.25, 0.3) is 0 Å². The van der Waals surface area contributed by atoms with Crippen molar-refractivity contribution in [2.45, 2.75) is 51.6 Å². The minimum atomic E-state index is -0.458. The topological polar surface area (TPSA) is 49.4 Å². The third kappa shape index (κ3) is 4.06. The number of nitrogens with one attached hydrogen (secondary N) is 1. The van der Waals surface area contributed by atoms with Crippen molar-refractivity contribution in [3.05, 3.63) is 34.9 Å². The summed E-state index contributed by atoms with van der Waals surface area (Å²) >= 11 is 7.93. The molecule has 1 aliphatic heterocycles. The minimum Gasteiger partial charge on any atom is -0.352 e. The number of rotatable bonds is 5. The molecule has 1 aromatic carbocycles. The van der Waals surface area contributed by atoms with Crippen LogP contribution in [0.25, 0.3) is 0 Å². The molecule has 0 unspecified atom stereocenters. The number of halogens is 1. The van der Waals surface area contributed by atoms with Crippen LogP contribution in [0.1, 0.15) is 45.1 Å². The van der Waals surface area contributed by atoms with Gasteiger partial charge in [-0.05, 0) is 19.4 Å². The van der Waals surface area contributed by atoms with Crippen molar-refractivity contribution in [1.29, 1.82) is 0 Å². The second-order valence-corrected chi connectivity index (χ2v) is 7.96. The fourth-order valence-electron chi connectivity index (χ4n) is 2.63. The second kappa shape index (κ2) is 8.26. The summed E-state index contributed by atoms with van der Waals surface area (Å²) in [5.41, 5.74) is 0.886. The van der Waals surface area contributed by atoms with Crippen LogP contribution in [-0.4, -0.2) is 34.6 Å². The molecule has 132 valence electrons. The Balaban J connectivity index is 2.31. The monoisotopic (exact) mass is 368 g/mol. The molecule has 2 rings (SSSR count). The molecule has 1 saturated heterocycles. The smallest absolute Gasteiger partial charge is 0.243 e. The Morgan fingerprint density at radius 2 is 2.00 bits per heavy atom. The van der Waals surface area contributed by atoms with Crippen molar-refractivity contribution < 1.29 is 9.59 Å². The Morgan fingerprint density at radius 1 is 1.33 bits per heavy atom. The standard InChI is InChI=1S/C18H25ClN2O2S/c1-5-12(4)20-16(22)15-10-24-18(21(15)17(23)11(2)3)13-8-6-7-9-14(13)19/h6-9,11-12,15,18H,5,10H2,1-4H3,(H,20,22)/t12-,15+,18+/m0/s1. The molecule has 24 heavy (non-hydrogen) atoms. The van der Waals surface area contributed by atoms with Gasteiger partial charge in [-0.3, -0.25) is 9.59 Å². The van der Waals surface area contributed by atoms with Crippen LogP contribution in [0.3, 0.4) is 0 Å². The van der Waals surface area contributed by atoms with Crippen LogP contribution >= 0.6 is 23.4 Å². The van der Waals surface area contributed by atoms with E-state index in [0.29, 0.717) is 10.8 Å². The van der Waals surface area contributed by atoms with Gasteiger partial charge in [-0.25, -0.2) is 0 Å². The average Bonchev–Trinajstić information content (AvgIpc) is 2.98. The number of carbonyl (C=O) groups excluding carboxylic acids is 2. The van der Waals surface area contributed by atoms with Crippen molar-refractivity contribution in [1.82, 2.24) is 10.2 Å². The van der Waals surface area contributed by atoms with E-state index in [0.717, 1.165) is 12.0 Å². The van der Waals surface area contributed by atoms with Gasteiger partial charge in [-0.1, -0.05) is 50.6 Å². The molecule has 3 atom stereocenters. The predicted octanol–water partition coefficient (Wildman–Crippen LogP) is 3.85. The van der Waals surface area contributed by atoms with Crippen LogP contribution in [-0.2, 0) is 9.59 Å². The Labute approximate surface area is 153 Å². The van der Waals surface area contributed by atoms with Crippen LogP contribution in [0, 0.1) is 5.92 Å². The normalized spacial score (nSPS) is 21.8. The molecule has 0 aromatic heterocycles. The number of hydrogen-bond donors (Lipinski definition) is 1. The van der Waals surface area contributed by atoms with Crippen LogP contribution in [0.4, 0.5) is 0 Å². The van der Waals surface area contributed by atoms with Gasteiger partial charge in [0.2, 0.25) is 11.8 Å². The largest absolute Gasteiger partial charge is 0.352 e. The molecule has 1 aromatic rings. The van der Waals surface area contributed by atoms with Crippen LogP contribution in [0.15, 0.2) is 24.3 Å². The molecule has 0 radical (unpaired) electrons. The van der Waals surface area contributed by atoms with E-state index in [9.17, 15) is 9.59 Å². The Hall–Kier alpha value is -1.20. The van der Waals surface area contributed by atoms with Crippen molar-refractivity contribution in [3.8, 4) is 0 Å². The highest BCUT2D eigenvalue weighted by molar-refractivity contribution is 7.99. The maximum Gasteiger partial charge on any atom is 0.243 e. The van der Waals surface area contributed by atoms with Gasteiger partial charge in [0, 0.05) is 28.3 Å². The molecule has 1 aliphatic rings. The molecule has 0 bridgehead atoms. The summed E-state index contributed by atoms with van der Waals surface area (Å²) in [5.74, 6) is 0.304. The first-order valence-electron chi connectivity index (χ1n) is 8.35. The zero-order valence-electron chi connectivity index (χ0n) is 14.6. The summed E-state index contributed by atoms with van der Waals surface area (Å²) in [4.78, 5) is 27.2. The molecule has 4 nitrogen and oxygen atoms in total. The van der Waals surface area contributed by atoms with E-state index in [1.807, 2.05) is 52.0 Å². The number of amides is 2. The Kier molecular flexibility index (Phi) is 6.58. The van der Waals surface area contributed by atoms with Crippen LogP contribution in [0.5, 0.6) is 0 Å². The summed E-state index contributed by atoms with van der Waals surface area (Å²) in [7, 11) is 0. The molecule has 6 heteroatoms. The lowest BCUT2D eigenvalue weighted by Gasteiger charge is -2.31. The molecule has 2 amide bonds. The Morgan fingerprint density at radius 3 is 2.58 bits per heavy atom. The SMILES string of the molecule is CC[C@H](C)NC(=O)[C@H]1CS[C@H](c2ccccc2Cl)N1C(=O)C(C)C. The summed E-state index contributed by atoms with van der Waals surface area (Å²) in [6.07, 6.45) is 0.859. The van der Waals surface area contributed by atoms with E-state index in [2.05, 4.69) is 5.32 Å². The lowest BCUT2D eigenvalue weighted by molar-refractivity contribution is -0.142. The number of benzene rings is 1. The van der Waals surface area contributed by atoms with Gasteiger partial charge < -0.3 is 10.2 Å². The minimum absolute atomic E-state index is 0.0192. The fraction of sp³-hybridized carbons (Fsp3) is 0.556. The molecule has 0 saturated carbocycles. The van der Waals surface area contributed by atoms with E-state index >= 15 is 0 Å². The first-order valence-corrected chi connectivity index (χ1v) is 9.78. The highest BCUT2D eigenvalue weighted by atomic mass is 35.5. The third-order valence-corrected chi connectivity index (χ3v) is 5.87. The van der Waals surface area contributed by atoms with Crippen LogP contribution < -0.4 is 5.32 Å². The number of hydrogen-bond acceptors (Lipinski definition) is 3. The first kappa shape index (κ1) is 19.1. The summed E-state index contributed by atoms with van der Waals surface area (Å²) in [5, 5.41) is 3.41. The highest BCUT2D eigenvalue weighted by Gasteiger charge is 2.43. The molecular formula is C18H25ClN2O2S. The van der Waals surface area contributed by atoms with E-state index < -0.39 is 6.04 Å². The van der Waals surface area contributed by atoms with Gasteiger partial charge in [-0.15, -0.1) is 11.8 Å². The predicted molar refractivity (Wildman–Crippen MR) is 100 cm³/mol. The second-order valence-electron chi connectivity index (χ2n) is 6.44. The molecule has 1 heterocycles. The van der Waals surface area contributed by atoms with Gasteiger partial charge >= 0.3 is 0 Å². The first-order chi connectivity index (χ1) is 11.4. The quantitative estimate of drug-likeness (QED) is 0.858. The lowest BCUT2D eigenvalue weighted by atomic mass is 10.1. The Bertz CT molecular complexity index is 608. The van der Waals surface area contributed by atoms with Gasteiger partial charge in [0.1, 0.15) is 11.4 Å². The zero-order chi connectivity index (χ0) is 17.9. The summed E-state index contributed by atoms with van der Waals surface area (Å²) in [6, 6.07) is 7.16. The lowest BCUT2D eigenvalue weighted by Crippen LogP contribution is -2.50. The number of nitrogens with zero attached hydrogens (tertiary/aromatic N) is 1. The molecule has 1 fully saturated rings. The van der Waals surface area contributed by atoms with Gasteiger partial charge in [0.15, 0.2) is 0 Å². The van der Waals surface area contributed by atoms with Crippen molar-refractivity contribution in [2.75, 3.05) is 5.75 Å². The van der Waals surface area contributed by atoms with E-state index in [4.69, 9.17) is 11.6 Å². The fourth-order valence-corrected chi connectivity index (χ4v) is 4.41. The van der Waals surface area contributed by atoms with E-state index in [1.54, 1.807) is 16.7 Å². The maximum atomic E-state index is 12.8. The van der Waals surface area contributed by atoms with E-state index in [-0.39, 0.29) is 29.1 Å². The average molecular weight is 369 g/mol. The van der Waals surface area contributed by atoms with Crippen molar-refractivity contribution in [2.24, 2.45) is 5.92 Å².